The Morgan fingerprint density at radius 1 is 1.19 bits per heavy atom. The molecule has 1 aromatic carbocycles. The van der Waals surface area contributed by atoms with E-state index >= 15 is 0 Å². The molecule has 3 rings (SSSR count). The quantitative estimate of drug-likeness (QED) is 0.642. The first-order chi connectivity index (χ1) is 12.6. The van der Waals surface area contributed by atoms with Crippen molar-refractivity contribution in [1.82, 2.24) is 14.5 Å². The maximum Gasteiger partial charge on any atom is 0.203 e. The van der Waals surface area contributed by atoms with Crippen LogP contribution in [0.1, 0.15) is 13.8 Å². The maximum atomic E-state index is 5.67. The van der Waals surface area contributed by atoms with E-state index in [0.717, 1.165) is 34.2 Å². The van der Waals surface area contributed by atoms with Gasteiger partial charge >= 0.3 is 0 Å². The average molecular weight is 355 g/mol. The molecule has 0 unspecified atom stereocenters. The molecule has 0 aliphatic rings. The van der Waals surface area contributed by atoms with Crippen LogP contribution in [0.25, 0.3) is 11.0 Å². The molecule has 7 nitrogen and oxygen atoms in total. The molecule has 0 radical (unpaired) electrons. The highest BCUT2D eigenvalue weighted by Crippen LogP contribution is 2.24. The monoisotopic (exact) mass is 355 g/mol. The fourth-order valence-corrected chi connectivity index (χ4v) is 2.73. The zero-order valence-corrected chi connectivity index (χ0v) is 15.6. The van der Waals surface area contributed by atoms with Crippen LogP contribution in [0.3, 0.4) is 0 Å². The van der Waals surface area contributed by atoms with Crippen molar-refractivity contribution in [3.8, 4) is 5.75 Å². The van der Waals surface area contributed by atoms with E-state index in [1.165, 1.54) is 0 Å². The standard InChI is InChI=1S/C19H25N5O2/c1-13(2)26-15-7-5-14(6-8-15)22-18-11-17-16(12-21-18)23-19(20-3)24(17)9-10-25-4/h5-8,11-13H,9-10H2,1-4H3,(H,20,23)(H,21,22). The molecule has 138 valence electrons. The molecule has 2 heterocycles. The number of nitrogens with zero attached hydrogens (tertiary/aromatic N) is 3. The highest BCUT2D eigenvalue weighted by atomic mass is 16.5. The summed E-state index contributed by atoms with van der Waals surface area (Å²) in [7, 11) is 3.55. The largest absolute Gasteiger partial charge is 0.491 e. The number of pyridine rings is 1. The number of methoxy groups -OCH3 is 1. The van der Waals surface area contributed by atoms with Crippen LogP contribution in [0.15, 0.2) is 36.5 Å². The first kappa shape index (κ1) is 18.0. The van der Waals surface area contributed by atoms with E-state index in [9.17, 15) is 0 Å². The van der Waals surface area contributed by atoms with Crippen LogP contribution in [-0.4, -0.2) is 41.4 Å². The number of hydrogen-bond acceptors (Lipinski definition) is 6. The van der Waals surface area contributed by atoms with Crippen LogP contribution in [0.4, 0.5) is 17.5 Å². The van der Waals surface area contributed by atoms with E-state index in [0.29, 0.717) is 13.2 Å². The van der Waals surface area contributed by atoms with Crippen LogP contribution >= 0.6 is 0 Å². The number of fused-ring (bicyclic) bond motifs is 1. The van der Waals surface area contributed by atoms with Crippen molar-refractivity contribution >= 4 is 28.5 Å². The Balaban J connectivity index is 1.83. The highest BCUT2D eigenvalue weighted by molar-refractivity contribution is 5.81. The van der Waals surface area contributed by atoms with E-state index in [4.69, 9.17) is 9.47 Å². The normalized spacial score (nSPS) is 11.1. The van der Waals surface area contributed by atoms with Gasteiger partial charge in [-0.05, 0) is 38.1 Å². The lowest BCUT2D eigenvalue weighted by atomic mass is 10.3. The Morgan fingerprint density at radius 2 is 1.96 bits per heavy atom. The van der Waals surface area contributed by atoms with E-state index < -0.39 is 0 Å². The van der Waals surface area contributed by atoms with Crippen LogP contribution in [0.2, 0.25) is 0 Å². The van der Waals surface area contributed by atoms with Gasteiger partial charge in [-0.2, -0.15) is 0 Å². The fourth-order valence-electron chi connectivity index (χ4n) is 2.73. The Hall–Kier alpha value is -2.80. The van der Waals surface area contributed by atoms with E-state index in [1.807, 2.05) is 51.2 Å². The number of aromatic nitrogens is 3. The molecule has 7 heteroatoms. The molecule has 0 amide bonds. The zero-order valence-electron chi connectivity index (χ0n) is 15.6. The second-order valence-electron chi connectivity index (χ2n) is 6.20. The molecule has 0 saturated carbocycles. The molecule has 0 aliphatic heterocycles. The van der Waals surface area contributed by atoms with Crippen LogP contribution < -0.4 is 15.4 Å². The SMILES string of the molecule is CNc1nc2cnc(Nc3ccc(OC(C)C)cc3)cc2n1CCOC. The third kappa shape index (κ3) is 4.05. The second-order valence-corrected chi connectivity index (χ2v) is 6.20. The smallest absolute Gasteiger partial charge is 0.203 e. The van der Waals surface area contributed by atoms with Crippen molar-refractivity contribution < 1.29 is 9.47 Å². The summed E-state index contributed by atoms with van der Waals surface area (Å²) in [5.74, 6) is 2.41. The minimum Gasteiger partial charge on any atom is -0.491 e. The Bertz CT molecular complexity index is 858. The minimum atomic E-state index is 0.159. The number of ether oxygens (including phenoxy) is 2. The summed E-state index contributed by atoms with van der Waals surface area (Å²) in [6.07, 6.45) is 1.93. The molecule has 0 atom stereocenters. The van der Waals surface area contributed by atoms with Gasteiger partial charge in [0.25, 0.3) is 0 Å². The zero-order chi connectivity index (χ0) is 18.5. The minimum absolute atomic E-state index is 0.159. The number of nitrogens with one attached hydrogen (secondary N) is 2. The lowest BCUT2D eigenvalue weighted by Crippen LogP contribution is -2.08. The number of benzene rings is 1. The van der Waals surface area contributed by atoms with Crippen LogP contribution in [0, 0.1) is 0 Å². The maximum absolute atomic E-state index is 5.67. The predicted octanol–water partition coefficient (Wildman–Crippen LogP) is 3.65. The molecule has 0 spiro atoms. The second kappa shape index (κ2) is 8.05. The van der Waals surface area contributed by atoms with Crippen LogP contribution in [-0.2, 0) is 11.3 Å². The Kier molecular flexibility index (Phi) is 5.58. The predicted molar refractivity (Wildman–Crippen MR) is 104 cm³/mol. The topological polar surface area (TPSA) is 73.2 Å². The molecule has 0 fully saturated rings. The van der Waals surface area contributed by atoms with E-state index in [1.54, 1.807) is 13.3 Å². The molecular formula is C19H25N5O2. The molecule has 2 aromatic heterocycles. The Morgan fingerprint density at radius 3 is 2.62 bits per heavy atom. The fraction of sp³-hybridized carbons (Fsp3) is 0.368. The summed E-state index contributed by atoms with van der Waals surface area (Å²) < 4.78 is 13.0. The van der Waals surface area contributed by atoms with Crippen molar-refractivity contribution in [2.24, 2.45) is 0 Å². The molecule has 2 N–H and O–H groups in total. The van der Waals surface area contributed by atoms with Crippen molar-refractivity contribution in [2.45, 2.75) is 26.5 Å². The molecule has 26 heavy (non-hydrogen) atoms. The van der Waals surface area contributed by atoms with Gasteiger partial charge in [0.05, 0.1) is 24.4 Å². The number of hydrogen-bond donors (Lipinski definition) is 2. The van der Waals surface area contributed by atoms with Crippen molar-refractivity contribution in [3.05, 3.63) is 36.5 Å². The van der Waals surface area contributed by atoms with Gasteiger partial charge < -0.3 is 24.7 Å². The first-order valence-corrected chi connectivity index (χ1v) is 8.67. The van der Waals surface area contributed by atoms with E-state index in [-0.39, 0.29) is 6.10 Å². The first-order valence-electron chi connectivity index (χ1n) is 8.67. The van der Waals surface area contributed by atoms with Crippen LogP contribution in [0.5, 0.6) is 5.75 Å². The molecule has 3 aromatic rings. The summed E-state index contributed by atoms with van der Waals surface area (Å²) >= 11 is 0. The van der Waals surface area contributed by atoms with Gasteiger partial charge in [-0.15, -0.1) is 0 Å². The molecule has 0 saturated heterocycles. The summed E-state index contributed by atoms with van der Waals surface area (Å²) in [5, 5.41) is 6.45. The highest BCUT2D eigenvalue weighted by Gasteiger charge is 2.11. The van der Waals surface area contributed by atoms with Crippen molar-refractivity contribution in [3.63, 3.8) is 0 Å². The molecular weight excluding hydrogens is 330 g/mol. The molecule has 0 bridgehead atoms. The molecule has 0 aliphatic carbocycles. The van der Waals surface area contributed by atoms with Gasteiger partial charge in [0.15, 0.2) is 0 Å². The van der Waals surface area contributed by atoms with Gasteiger partial charge in [-0.3, -0.25) is 0 Å². The summed E-state index contributed by atoms with van der Waals surface area (Å²) in [6.45, 7) is 5.35. The van der Waals surface area contributed by atoms with Gasteiger partial charge in [0, 0.05) is 32.5 Å². The van der Waals surface area contributed by atoms with Crippen molar-refractivity contribution in [1.29, 1.82) is 0 Å². The summed E-state index contributed by atoms with van der Waals surface area (Å²) in [6, 6.07) is 9.85. The van der Waals surface area contributed by atoms with Gasteiger partial charge in [0.2, 0.25) is 5.95 Å². The van der Waals surface area contributed by atoms with Gasteiger partial charge in [0.1, 0.15) is 17.1 Å². The van der Waals surface area contributed by atoms with Gasteiger partial charge in [-0.1, -0.05) is 0 Å². The van der Waals surface area contributed by atoms with E-state index in [2.05, 4.69) is 25.2 Å². The van der Waals surface area contributed by atoms with Crippen molar-refractivity contribution in [2.75, 3.05) is 31.4 Å². The lowest BCUT2D eigenvalue weighted by Gasteiger charge is -2.11. The summed E-state index contributed by atoms with van der Waals surface area (Å²) in [4.78, 5) is 9.03. The lowest BCUT2D eigenvalue weighted by molar-refractivity contribution is 0.189. The summed E-state index contributed by atoms with van der Waals surface area (Å²) in [5.41, 5.74) is 2.80. The third-order valence-corrected chi connectivity index (χ3v) is 3.88. The number of anilines is 3. The third-order valence-electron chi connectivity index (χ3n) is 3.88. The Labute approximate surface area is 153 Å². The average Bonchev–Trinajstić information content (AvgIpc) is 2.98. The number of imidazole rings is 1. The van der Waals surface area contributed by atoms with Gasteiger partial charge in [-0.25, -0.2) is 9.97 Å². The number of rotatable bonds is 8.